The van der Waals surface area contributed by atoms with Crippen LogP contribution in [0.25, 0.3) is 0 Å². The monoisotopic (exact) mass is 218 g/mol. The van der Waals surface area contributed by atoms with Crippen molar-refractivity contribution in [3.8, 4) is 5.75 Å². The summed E-state index contributed by atoms with van der Waals surface area (Å²) >= 11 is 0. The molecule has 84 valence electrons. The average molecular weight is 218 g/mol. The normalized spacial score (nSPS) is 20.5. The summed E-state index contributed by atoms with van der Waals surface area (Å²) < 4.78 is 5.69. The number of aldehydes is 1. The molecule has 2 rings (SSSR count). The maximum Gasteiger partial charge on any atom is 0.150 e. The average Bonchev–Trinajstić information content (AvgIpc) is 2.30. The minimum absolute atomic E-state index is 0.00308. The van der Waals surface area contributed by atoms with Gasteiger partial charge in [0.15, 0.2) is 0 Å². The smallest absolute Gasteiger partial charge is 0.150 e. The van der Waals surface area contributed by atoms with E-state index in [2.05, 4.69) is 0 Å². The Morgan fingerprint density at radius 3 is 2.62 bits per heavy atom. The number of carbonyl (C=O) groups is 2. The topological polar surface area (TPSA) is 43.4 Å². The van der Waals surface area contributed by atoms with Gasteiger partial charge >= 0.3 is 0 Å². The van der Waals surface area contributed by atoms with Gasteiger partial charge in [0.1, 0.15) is 23.9 Å². The Balaban J connectivity index is 1.97. The van der Waals surface area contributed by atoms with E-state index < -0.39 is 0 Å². The van der Waals surface area contributed by atoms with Crippen molar-refractivity contribution in [2.75, 3.05) is 0 Å². The predicted octanol–water partition coefficient (Wildman–Crippen LogP) is 2.39. The van der Waals surface area contributed by atoms with Crippen molar-refractivity contribution < 1.29 is 14.3 Å². The van der Waals surface area contributed by atoms with Crippen molar-refractivity contribution in [1.82, 2.24) is 0 Å². The molecule has 1 aliphatic carbocycles. The zero-order chi connectivity index (χ0) is 11.4. The maximum absolute atomic E-state index is 11.2. The van der Waals surface area contributed by atoms with E-state index in [1.54, 1.807) is 24.3 Å². The van der Waals surface area contributed by atoms with Gasteiger partial charge in [-0.05, 0) is 37.1 Å². The number of ether oxygens (including phenoxy) is 1. The van der Waals surface area contributed by atoms with Crippen LogP contribution in [0.1, 0.15) is 36.0 Å². The van der Waals surface area contributed by atoms with Crippen molar-refractivity contribution >= 4 is 12.1 Å². The van der Waals surface area contributed by atoms with Gasteiger partial charge in [0.25, 0.3) is 0 Å². The molecule has 0 saturated heterocycles. The van der Waals surface area contributed by atoms with Crippen LogP contribution in [-0.4, -0.2) is 18.2 Å². The van der Waals surface area contributed by atoms with E-state index in [4.69, 9.17) is 4.74 Å². The molecule has 3 heteroatoms. The largest absolute Gasteiger partial charge is 0.490 e. The Morgan fingerprint density at radius 1 is 1.25 bits per heavy atom. The maximum atomic E-state index is 11.2. The Kier molecular flexibility index (Phi) is 3.34. The molecule has 1 aromatic rings. The van der Waals surface area contributed by atoms with Crippen LogP contribution in [0.3, 0.4) is 0 Å². The van der Waals surface area contributed by atoms with E-state index in [0.29, 0.717) is 18.4 Å². The molecule has 0 aromatic heterocycles. The van der Waals surface area contributed by atoms with Crippen LogP contribution in [0.2, 0.25) is 0 Å². The first-order chi connectivity index (χ1) is 7.78. The Bertz CT molecular complexity index is 381. The molecule has 0 bridgehead atoms. The quantitative estimate of drug-likeness (QED) is 0.731. The molecule has 1 saturated carbocycles. The van der Waals surface area contributed by atoms with Crippen molar-refractivity contribution in [1.29, 1.82) is 0 Å². The number of hydrogen-bond acceptors (Lipinski definition) is 3. The number of benzene rings is 1. The highest BCUT2D eigenvalue weighted by Crippen LogP contribution is 2.21. The van der Waals surface area contributed by atoms with Gasteiger partial charge in [0, 0.05) is 18.4 Å². The fraction of sp³-hybridized carbons (Fsp3) is 0.385. The second-order valence-electron chi connectivity index (χ2n) is 4.06. The molecule has 0 amide bonds. The molecular formula is C13H14O3. The highest BCUT2D eigenvalue weighted by Gasteiger charge is 2.20. The van der Waals surface area contributed by atoms with Crippen molar-refractivity contribution in [3.05, 3.63) is 29.8 Å². The summed E-state index contributed by atoms with van der Waals surface area (Å²) in [6.07, 6.45) is 3.84. The fourth-order valence-corrected chi connectivity index (χ4v) is 1.90. The molecule has 16 heavy (non-hydrogen) atoms. The number of rotatable bonds is 3. The number of carbonyl (C=O) groups excluding carboxylic acids is 2. The van der Waals surface area contributed by atoms with E-state index in [-0.39, 0.29) is 11.9 Å². The molecule has 3 nitrogen and oxygen atoms in total. The zero-order valence-electron chi connectivity index (χ0n) is 9.02. The lowest BCUT2D eigenvalue weighted by Crippen LogP contribution is -2.25. The number of hydrogen-bond donors (Lipinski definition) is 0. The van der Waals surface area contributed by atoms with Crippen LogP contribution in [0.15, 0.2) is 24.3 Å². The van der Waals surface area contributed by atoms with E-state index >= 15 is 0 Å². The fourth-order valence-electron chi connectivity index (χ4n) is 1.90. The van der Waals surface area contributed by atoms with Gasteiger partial charge in [0.05, 0.1) is 0 Å². The van der Waals surface area contributed by atoms with Crippen LogP contribution in [-0.2, 0) is 4.79 Å². The molecule has 0 heterocycles. The Labute approximate surface area is 94.4 Å². The first-order valence-electron chi connectivity index (χ1n) is 5.51. The standard InChI is InChI=1S/C13H14O3/c14-9-10-4-6-12(7-5-10)16-13-3-1-2-11(15)8-13/h4-7,9,13H,1-3,8H2. The summed E-state index contributed by atoms with van der Waals surface area (Å²) in [4.78, 5) is 21.7. The molecule has 0 aliphatic heterocycles. The van der Waals surface area contributed by atoms with Gasteiger partial charge in [-0.3, -0.25) is 9.59 Å². The number of ketones is 1. The molecular weight excluding hydrogens is 204 g/mol. The van der Waals surface area contributed by atoms with Crippen LogP contribution in [0, 0.1) is 0 Å². The Hall–Kier alpha value is -1.64. The third-order valence-corrected chi connectivity index (χ3v) is 2.76. The molecule has 1 fully saturated rings. The lowest BCUT2D eigenvalue weighted by atomic mass is 9.96. The van der Waals surface area contributed by atoms with Crippen LogP contribution in [0.5, 0.6) is 5.75 Å². The van der Waals surface area contributed by atoms with Crippen molar-refractivity contribution in [2.45, 2.75) is 31.8 Å². The zero-order valence-corrected chi connectivity index (χ0v) is 9.02. The SMILES string of the molecule is O=Cc1ccc(OC2CCCC(=O)C2)cc1. The molecule has 0 radical (unpaired) electrons. The highest BCUT2D eigenvalue weighted by molar-refractivity contribution is 5.79. The second kappa shape index (κ2) is 4.92. The molecule has 1 aliphatic rings. The molecule has 0 spiro atoms. The molecule has 1 aromatic carbocycles. The summed E-state index contributed by atoms with van der Waals surface area (Å²) in [6, 6.07) is 6.96. The summed E-state index contributed by atoms with van der Waals surface area (Å²) in [5, 5.41) is 0. The van der Waals surface area contributed by atoms with Crippen LogP contribution in [0.4, 0.5) is 0 Å². The summed E-state index contributed by atoms with van der Waals surface area (Å²) in [5.74, 6) is 1.01. The van der Waals surface area contributed by atoms with E-state index in [1.807, 2.05) is 0 Å². The van der Waals surface area contributed by atoms with Crippen LogP contribution < -0.4 is 4.74 Å². The van der Waals surface area contributed by atoms with Crippen molar-refractivity contribution in [3.63, 3.8) is 0 Å². The second-order valence-corrected chi connectivity index (χ2v) is 4.06. The van der Waals surface area contributed by atoms with Gasteiger partial charge < -0.3 is 4.74 Å². The summed E-state index contributed by atoms with van der Waals surface area (Å²) in [5.41, 5.74) is 0.632. The van der Waals surface area contributed by atoms with E-state index in [0.717, 1.165) is 24.9 Å². The predicted molar refractivity (Wildman–Crippen MR) is 59.7 cm³/mol. The molecule has 0 N–H and O–H groups in total. The molecule has 1 atom stereocenters. The summed E-state index contributed by atoms with van der Waals surface area (Å²) in [6.45, 7) is 0. The third-order valence-electron chi connectivity index (χ3n) is 2.76. The van der Waals surface area contributed by atoms with Gasteiger partial charge in [-0.1, -0.05) is 0 Å². The van der Waals surface area contributed by atoms with E-state index in [1.165, 1.54) is 0 Å². The first-order valence-corrected chi connectivity index (χ1v) is 5.51. The first kappa shape index (κ1) is 10.9. The van der Waals surface area contributed by atoms with E-state index in [9.17, 15) is 9.59 Å². The van der Waals surface area contributed by atoms with Gasteiger partial charge in [-0.25, -0.2) is 0 Å². The van der Waals surface area contributed by atoms with Crippen molar-refractivity contribution in [2.24, 2.45) is 0 Å². The van der Waals surface area contributed by atoms with Gasteiger partial charge in [-0.15, -0.1) is 0 Å². The Morgan fingerprint density at radius 2 is 2.00 bits per heavy atom. The lowest BCUT2D eigenvalue weighted by molar-refractivity contribution is -0.122. The van der Waals surface area contributed by atoms with Crippen LogP contribution >= 0.6 is 0 Å². The summed E-state index contributed by atoms with van der Waals surface area (Å²) in [7, 11) is 0. The minimum Gasteiger partial charge on any atom is -0.490 e. The van der Waals surface area contributed by atoms with Gasteiger partial charge in [0.2, 0.25) is 0 Å². The number of Topliss-reactive ketones (excluding diaryl/α,β-unsaturated/α-hetero) is 1. The lowest BCUT2D eigenvalue weighted by Gasteiger charge is -2.22. The minimum atomic E-state index is 0.00308. The third kappa shape index (κ3) is 2.69. The van der Waals surface area contributed by atoms with Gasteiger partial charge in [-0.2, -0.15) is 0 Å². The molecule has 1 unspecified atom stereocenters. The highest BCUT2D eigenvalue weighted by atomic mass is 16.5.